The van der Waals surface area contributed by atoms with Crippen LogP contribution in [0.15, 0.2) is 0 Å². The van der Waals surface area contributed by atoms with Gasteiger partial charge in [-0.05, 0) is 25.3 Å². The standard InChI is InChI=1S/C12H24N2O.ClH/c1-9(2)11-5-6-14(8-11)12(15)10(3)7-13-4;/h9-11,13H,5-8H2,1-4H3;1H. The van der Waals surface area contributed by atoms with E-state index in [4.69, 9.17) is 0 Å². The molecule has 96 valence electrons. The van der Waals surface area contributed by atoms with E-state index < -0.39 is 0 Å². The van der Waals surface area contributed by atoms with Gasteiger partial charge in [-0.2, -0.15) is 0 Å². The number of nitrogens with zero attached hydrogens (tertiary/aromatic N) is 1. The van der Waals surface area contributed by atoms with Gasteiger partial charge in [0.2, 0.25) is 5.91 Å². The molecule has 4 heteroatoms. The van der Waals surface area contributed by atoms with Gasteiger partial charge >= 0.3 is 0 Å². The maximum absolute atomic E-state index is 12.0. The minimum atomic E-state index is 0. The first-order valence-electron chi connectivity index (χ1n) is 5.99. The van der Waals surface area contributed by atoms with Crippen LogP contribution in [-0.2, 0) is 4.79 Å². The van der Waals surface area contributed by atoms with Crippen LogP contribution in [0.3, 0.4) is 0 Å². The molecule has 0 saturated carbocycles. The molecule has 1 rings (SSSR count). The molecule has 3 nitrogen and oxygen atoms in total. The molecule has 0 bridgehead atoms. The predicted octanol–water partition coefficient (Wildman–Crippen LogP) is 1.77. The second-order valence-electron chi connectivity index (χ2n) is 5.04. The molecule has 0 aliphatic carbocycles. The normalized spacial score (nSPS) is 22.1. The molecule has 16 heavy (non-hydrogen) atoms. The first-order valence-corrected chi connectivity index (χ1v) is 5.99. The van der Waals surface area contributed by atoms with E-state index in [2.05, 4.69) is 19.2 Å². The lowest BCUT2D eigenvalue weighted by molar-refractivity contribution is -0.133. The topological polar surface area (TPSA) is 32.3 Å². The highest BCUT2D eigenvalue weighted by molar-refractivity contribution is 5.85. The van der Waals surface area contributed by atoms with Crippen molar-refractivity contribution in [1.29, 1.82) is 0 Å². The van der Waals surface area contributed by atoms with Crippen LogP contribution in [0.25, 0.3) is 0 Å². The molecule has 1 fully saturated rings. The summed E-state index contributed by atoms with van der Waals surface area (Å²) in [7, 11) is 1.89. The van der Waals surface area contributed by atoms with E-state index in [1.165, 1.54) is 6.42 Å². The van der Waals surface area contributed by atoms with Crippen LogP contribution in [0.5, 0.6) is 0 Å². The lowest BCUT2D eigenvalue weighted by Gasteiger charge is -2.21. The minimum Gasteiger partial charge on any atom is -0.342 e. The summed E-state index contributed by atoms with van der Waals surface area (Å²) in [5.41, 5.74) is 0. The lowest BCUT2D eigenvalue weighted by Crippen LogP contribution is -2.37. The number of hydrogen-bond acceptors (Lipinski definition) is 2. The van der Waals surface area contributed by atoms with Crippen molar-refractivity contribution < 1.29 is 4.79 Å². The van der Waals surface area contributed by atoms with Gasteiger partial charge in [0.25, 0.3) is 0 Å². The molecule has 1 amide bonds. The number of likely N-dealkylation sites (tertiary alicyclic amines) is 1. The Morgan fingerprint density at radius 3 is 2.50 bits per heavy atom. The molecule has 2 unspecified atom stereocenters. The van der Waals surface area contributed by atoms with Gasteiger partial charge in [0.15, 0.2) is 0 Å². The van der Waals surface area contributed by atoms with Crippen molar-refractivity contribution in [3.05, 3.63) is 0 Å². The van der Waals surface area contributed by atoms with Crippen molar-refractivity contribution in [2.75, 3.05) is 26.7 Å². The summed E-state index contributed by atoms with van der Waals surface area (Å²) in [5, 5.41) is 3.06. The molecule has 0 spiro atoms. The monoisotopic (exact) mass is 248 g/mol. The molecule has 0 radical (unpaired) electrons. The van der Waals surface area contributed by atoms with Crippen LogP contribution in [0, 0.1) is 17.8 Å². The van der Waals surface area contributed by atoms with E-state index in [-0.39, 0.29) is 18.3 Å². The molecular weight excluding hydrogens is 224 g/mol. The molecule has 0 aromatic carbocycles. The summed E-state index contributed by atoms with van der Waals surface area (Å²) in [5.74, 6) is 1.83. The van der Waals surface area contributed by atoms with E-state index in [1.807, 2.05) is 18.9 Å². The second kappa shape index (κ2) is 7.13. The Morgan fingerprint density at radius 1 is 1.44 bits per heavy atom. The summed E-state index contributed by atoms with van der Waals surface area (Å²) in [6, 6.07) is 0. The fourth-order valence-electron chi connectivity index (χ4n) is 2.24. The van der Waals surface area contributed by atoms with Crippen molar-refractivity contribution in [1.82, 2.24) is 10.2 Å². The van der Waals surface area contributed by atoms with Crippen molar-refractivity contribution in [3.63, 3.8) is 0 Å². The third-order valence-electron chi connectivity index (χ3n) is 3.41. The number of halogens is 1. The van der Waals surface area contributed by atoms with Gasteiger partial charge < -0.3 is 10.2 Å². The van der Waals surface area contributed by atoms with Gasteiger partial charge in [-0.25, -0.2) is 0 Å². The highest BCUT2D eigenvalue weighted by Gasteiger charge is 2.29. The average molecular weight is 249 g/mol. The highest BCUT2D eigenvalue weighted by atomic mass is 35.5. The van der Waals surface area contributed by atoms with Gasteiger partial charge in [-0.1, -0.05) is 20.8 Å². The quantitative estimate of drug-likeness (QED) is 0.823. The van der Waals surface area contributed by atoms with Crippen LogP contribution in [0.4, 0.5) is 0 Å². The Hall–Kier alpha value is -0.280. The summed E-state index contributed by atoms with van der Waals surface area (Å²) in [6.07, 6.45) is 1.18. The summed E-state index contributed by atoms with van der Waals surface area (Å²) < 4.78 is 0. The fraction of sp³-hybridized carbons (Fsp3) is 0.917. The lowest BCUT2D eigenvalue weighted by atomic mass is 9.95. The van der Waals surface area contributed by atoms with E-state index in [1.54, 1.807) is 0 Å². The number of hydrogen-bond donors (Lipinski definition) is 1. The van der Waals surface area contributed by atoms with Gasteiger partial charge in [0.05, 0.1) is 0 Å². The Bertz CT molecular complexity index is 221. The molecule has 1 heterocycles. The molecule has 1 saturated heterocycles. The molecule has 1 N–H and O–H groups in total. The number of carbonyl (C=O) groups excluding carboxylic acids is 1. The zero-order valence-electron chi connectivity index (χ0n) is 10.8. The minimum absolute atomic E-state index is 0. The predicted molar refractivity (Wildman–Crippen MR) is 69.9 cm³/mol. The zero-order valence-corrected chi connectivity index (χ0v) is 11.6. The molecule has 2 atom stereocenters. The van der Waals surface area contributed by atoms with E-state index in [9.17, 15) is 4.79 Å². The molecule has 0 aromatic rings. The van der Waals surface area contributed by atoms with Gasteiger partial charge in [0, 0.05) is 25.6 Å². The summed E-state index contributed by atoms with van der Waals surface area (Å²) in [6.45, 7) is 9.19. The molecule has 1 aliphatic heterocycles. The van der Waals surface area contributed by atoms with Crippen molar-refractivity contribution in [3.8, 4) is 0 Å². The number of nitrogens with one attached hydrogen (secondary N) is 1. The van der Waals surface area contributed by atoms with Crippen molar-refractivity contribution >= 4 is 18.3 Å². The Labute approximate surface area is 105 Å². The third kappa shape index (κ3) is 3.95. The van der Waals surface area contributed by atoms with Crippen molar-refractivity contribution in [2.24, 2.45) is 17.8 Å². The van der Waals surface area contributed by atoms with Crippen LogP contribution in [0.2, 0.25) is 0 Å². The number of amides is 1. The third-order valence-corrected chi connectivity index (χ3v) is 3.41. The zero-order chi connectivity index (χ0) is 11.4. The Balaban J connectivity index is 0.00000225. The van der Waals surface area contributed by atoms with Gasteiger partial charge in [-0.15, -0.1) is 12.4 Å². The van der Waals surface area contributed by atoms with Crippen molar-refractivity contribution in [2.45, 2.75) is 27.2 Å². The number of rotatable bonds is 4. The number of carbonyl (C=O) groups is 1. The first kappa shape index (κ1) is 15.7. The van der Waals surface area contributed by atoms with Crippen LogP contribution in [0.1, 0.15) is 27.2 Å². The van der Waals surface area contributed by atoms with E-state index in [0.717, 1.165) is 19.6 Å². The van der Waals surface area contributed by atoms with E-state index >= 15 is 0 Å². The smallest absolute Gasteiger partial charge is 0.226 e. The van der Waals surface area contributed by atoms with Crippen LogP contribution in [-0.4, -0.2) is 37.5 Å². The first-order chi connectivity index (χ1) is 7.06. The molecular formula is C12H25ClN2O. The summed E-state index contributed by atoms with van der Waals surface area (Å²) in [4.78, 5) is 14.0. The maximum Gasteiger partial charge on any atom is 0.226 e. The average Bonchev–Trinajstić information content (AvgIpc) is 2.65. The fourth-order valence-corrected chi connectivity index (χ4v) is 2.24. The van der Waals surface area contributed by atoms with Crippen LogP contribution < -0.4 is 5.32 Å². The van der Waals surface area contributed by atoms with Gasteiger partial charge in [0.1, 0.15) is 0 Å². The largest absolute Gasteiger partial charge is 0.342 e. The Kier molecular flexibility index (Phi) is 7.00. The maximum atomic E-state index is 12.0. The molecule has 1 aliphatic rings. The van der Waals surface area contributed by atoms with Crippen LogP contribution >= 0.6 is 12.4 Å². The van der Waals surface area contributed by atoms with E-state index in [0.29, 0.717) is 17.7 Å². The second-order valence-corrected chi connectivity index (χ2v) is 5.04. The SMILES string of the molecule is CNCC(C)C(=O)N1CCC(C(C)C)C1.Cl. The van der Waals surface area contributed by atoms with Gasteiger partial charge in [-0.3, -0.25) is 4.79 Å². The Morgan fingerprint density at radius 2 is 2.06 bits per heavy atom. The molecule has 0 aromatic heterocycles. The highest BCUT2D eigenvalue weighted by Crippen LogP contribution is 2.24. The summed E-state index contributed by atoms with van der Waals surface area (Å²) >= 11 is 0.